The van der Waals surface area contributed by atoms with Crippen LogP contribution in [0.15, 0.2) is 18.2 Å². The van der Waals surface area contributed by atoms with Crippen molar-refractivity contribution in [3.05, 3.63) is 29.3 Å². The smallest absolute Gasteiger partial charge is 0.124 e. The molecule has 1 rings (SSSR count). The van der Waals surface area contributed by atoms with Gasteiger partial charge >= 0.3 is 0 Å². The molecule has 1 aromatic carbocycles. The summed E-state index contributed by atoms with van der Waals surface area (Å²) in [5.41, 5.74) is 2.78. The lowest BCUT2D eigenvalue weighted by Gasteiger charge is -2.19. The monoisotopic (exact) mass is 223 g/mol. The van der Waals surface area contributed by atoms with E-state index in [-0.39, 0.29) is 0 Å². The van der Waals surface area contributed by atoms with Gasteiger partial charge in [0.05, 0.1) is 6.10 Å². The zero-order chi connectivity index (χ0) is 12.1. The minimum absolute atomic E-state index is 0.480. The zero-order valence-corrected chi connectivity index (χ0v) is 10.2. The quantitative estimate of drug-likeness (QED) is 0.672. The van der Waals surface area contributed by atoms with E-state index in [1.165, 1.54) is 0 Å². The van der Waals surface area contributed by atoms with Crippen molar-refractivity contribution in [1.82, 2.24) is 0 Å². The van der Waals surface area contributed by atoms with E-state index in [9.17, 15) is 10.2 Å². The fraction of sp³-hybridized carbons (Fsp3) is 0.538. The van der Waals surface area contributed by atoms with Crippen LogP contribution in [0.2, 0.25) is 0 Å². The highest BCUT2D eigenvalue weighted by Crippen LogP contribution is 2.26. The van der Waals surface area contributed by atoms with Crippen molar-refractivity contribution in [3.8, 4) is 0 Å². The molecule has 3 heteroatoms. The third-order valence-corrected chi connectivity index (χ3v) is 2.66. The minimum Gasteiger partial charge on any atom is -0.388 e. The first-order valence-corrected chi connectivity index (χ1v) is 5.81. The first-order valence-electron chi connectivity index (χ1n) is 5.81. The Kier molecular flexibility index (Phi) is 4.77. The highest BCUT2D eigenvalue weighted by atomic mass is 16.3. The van der Waals surface area contributed by atoms with Crippen LogP contribution in [-0.2, 0) is 0 Å². The summed E-state index contributed by atoms with van der Waals surface area (Å²) in [6.45, 7) is 5.83. The number of aliphatic hydroxyl groups excluding tert-OH is 2. The lowest BCUT2D eigenvalue weighted by molar-refractivity contribution is 0.172. The van der Waals surface area contributed by atoms with E-state index in [0.717, 1.165) is 16.8 Å². The van der Waals surface area contributed by atoms with Gasteiger partial charge in [0, 0.05) is 11.3 Å². The zero-order valence-electron chi connectivity index (χ0n) is 10.2. The summed E-state index contributed by atoms with van der Waals surface area (Å²) in [7, 11) is 0. The molecule has 0 heterocycles. The maximum atomic E-state index is 9.90. The van der Waals surface area contributed by atoms with Gasteiger partial charge in [0.25, 0.3) is 0 Å². The number of nitrogens with one attached hydrogen (secondary N) is 1. The molecule has 90 valence electrons. The maximum absolute atomic E-state index is 9.90. The number of anilines is 1. The van der Waals surface area contributed by atoms with Crippen LogP contribution in [0.4, 0.5) is 5.69 Å². The van der Waals surface area contributed by atoms with Crippen LogP contribution in [0, 0.1) is 6.92 Å². The second-order valence-electron chi connectivity index (χ2n) is 4.08. The Morgan fingerprint density at radius 3 is 2.44 bits per heavy atom. The molecular weight excluding hydrogens is 202 g/mol. The van der Waals surface area contributed by atoms with Crippen molar-refractivity contribution < 1.29 is 10.2 Å². The van der Waals surface area contributed by atoms with Crippen molar-refractivity contribution in [1.29, 1.82) is 0 Å². The molecule has 0 saturated carbocycles. The molecule has 0 saturated heterocycles. The molecular formula is C13H21NO2. The summed E-state index contributed by atoms with van der Waals surface area (Å²) in [6.07, 6.45) is 0.257. The van der Waals surface area contributed by atoms with Crippen molar-refractivity contribution in [2.45, 2.75) is 45.9 Å². The van der Waals surface area contributed by atoms with Gasteiger partial charge in [0.15, 0.2) is 0 Å². The summed E-state index contributed by atoms with van der Waals surface area (Å²) in [5, 5.41) is 22.5. The number of hydrogen-bond donors (Lipinski definition) is 3. The molecule has 0 fully saturated rings. The Labute approximate surface area is 97.1 Å². The Bertz CT molecular complexity index is 339. The average molecular weight is 223 g/mol. The second-order valence-corrected chi connectivity index (χ2v) is 4.08. The number of aliphatic hydroxyl groups is 2. The van der Waals surface area contributed by atoms with Gasteiger partial charge in [-0.1, -0.05) is 31.5 Å². The van der Waals surface area contributed by atoms with Crippen LogP contribution in [-0.4, -0.2) is 16.4 Å². The third kappa shape index (κ3) is 3.22. The fourth-order valence-corrected chi connectivity index (χ4v) is 1.59. The summed E-state index contributed by atoms with van der Waals surface area (Å²) < 4.78 is 0. The van der Waals surface area contributed by atoms with E-state index >= 15 is 0 Å². The highest BCUT2D eigenvalue weighted by molar-refractivity contribution is 5.54. The average Bonchev–Trinajstić information content (AvgIpc) is 2.30. The van der Waals surface area contributed by atoms with Crippen molar-refractivity contribution in [2.24, 2.45) is 0 Å². The number of benzene rings is 1. The summed E-state index contributed by atoms with van der Waals surface area (Å²) in [5.74, 6) is 0. The lowest BCUT2D eigenvalue weighted by atomic mass is 10.0. The lowest BCUT2D eigenvalue weighted by Crippen LogP contribution is -2.18. The molecule has 0 aliphatic rings. The van der Waals surface area contributed by atoms with Crippen molar-refractivity contribution in [3.63, 3.8) is 0 Å². The standard InChI is InChI=1S/C13H21NO2/c1-4-12(15)10-8-9(3)6-7-11(10)14-13(16)5-2/h6-8,12-16H,4-5H2,1-3H3. The van der Waals surface area contributed by atoms with Gasteiger partial charge in [-0.05, 0) is 25.8 Å². The molecule has 2 unspecified atom stereocenters. The first-order chi connectivity index (χ1) is 7.58. The summed E-state index contributed by atoms with van der Waals surface area (Å²) in [4.78, 5) is 0. The van der Waals surface area contributed by atoms with Crippen molar-refractivity contribution >= 4 is 5.69 Å². The van der Waals surface area contributed by atoms with E-state index < -0.39 is 12.3 Å². The molecule has 0 bridgehead atoms. The predicted molar refractivity (Wildman–Crippen MR) is 66.4 cm³/mol. The molecule has 0 amide bonds. The Morgan fingerprint density at radius 1 is 1.19 bits per heavy atom. The molecule has 16 heavy (non-hydrogen) atoms. The van der Waals surface area contributed by atoms with Gasteiger partial charge in [-0.25, -0.2) is 0 Å². The number of aryl methyl sites for hydroxylation is 1. The minimum atomic E-state index is -0.564. The van der Waals surface area contributed by atoms with Gasteiger partial charge in [0.1, 0.15) is 6.23 Å². The summed E-state index contributed by atoms with van der Waals surface area (Å²) in [6, 6.07) is 5.83. The largest absolute Gasteiger partial charge is 0.388 e. The number of rotatable bonds is 5. The normalized spacial score (nSPS) is 14.6. The highest BCUT2D eigenvalue weighted by Gasteiger charge is 2.12. The molecule has 0 aliphatic heterocycles. The molecule has 0 radical (unpaired) electrons. The number of hydrogen-bond acceptors (Lipinski definition) is 3. The second kappa shape index (κ2) is 5.87. The molecule has 2 atom stereocenters. The Hall–Kier alpha value is -1.06. The van der Waals surface area contributed by atoms with E-state index in [1.807, 2.05) is 39.0 Å². The Morgan fingerprint density at radius 2 is 1.88 bits per heavy atom. The third-order valence-electron chi connectivity index (χ3n) is 2.66. The fourth-order valence-electron chi connectivity index (χ4n) is 1.59. The van der Waals surface area contributed by atoms with Crippen LogP contribution in [0.1, 0.15) is 43.9 Å². The maximum Gasteiger partial charge on any atom is 0.124 e. The Balaban J connectivity index is 2.97. The molecule has 0 aromatic heterocycles. The molecule has 1 aromatic rings. The van der Waals surface area contributed by atoms with Gasteiger partial charge in [0.2, 0.25) is 0 Å². The first kappa shape index (κ1) is 13.0. The van der Waals surface area contributed by atoms with Gasteiger partial charge < -0.3 is 15.5 Å². The van der Waals surface area contributed by atoms with Crippen LogP contribution < -0.4 is 5.32 Å². The van der Waals surface area contributed by atoms with Crippen molar-refractivity contribution in [2.75, 3.05) is 5.32 Å². The van der Waals surface area contributed by atoms with E-state index in [2.05, 4.69) is 5.32 Å². The SMILES string of the molecule is CCC(O)Nc1ccc(C)cc1C(O)CC. The van der Waals surface area contributed by atoms with E-state index in [1.54, 1.807) is 0 Å². The van der Waals surface area contributed by atoms with E-state index in [4.69, 9.17) is 0 Å². The van der Waals surface area contributed by atoms with Crippen LogP contribution >= 0.6 is 0 Å². The summed E-state index contributed by atoms with van der Waals surface area (Å²) >= 11 is 0. The van der Waals surface area contributed by atoms with Gasteiger partial charge in [-0.15, -0.1) is 0 Å². The molecule has 3 nitrogen and oxygen atoms in total. The van der Waals surface area contributed by atoms with Gasteiger partial charge in [-0.2, -0.15) is 0 Å². The van der Waals surface area contributed by atoms with E-state index in [0.29, 0.717) is 12.8 Å². The van der Waals surface area contributed by atoms with Crippen LogP contribution in [0.3, 0.4) is 0 Å². The van der Waals surface area contributed by atoms with Crippen LogP contribution in [0.5, 0.6) is 0 Å². The molecule has 0 aliphatic carbocycles. The molecule has 0 spiro atoms. The predicted octanol–water partition coefficient (Wildman–Crippen LogP) is 2.58. The molecule has 3 N–H and O–H groups in total. The topological polar surface area (TPSA) is 52.5 Å². The van der Waals surface area contributed by atoms with Crippen LogP contribution in [0.25, 0.3) is 0 Å². The van der Waals surface area contributed by atoms with Gasteiger partial charge in [-0.3, -0.25) is 0 Å².